The van der Waals surface area contributed by atoms with Crippen molar-refractivity contribution in [2.45, 2.75) is 19.3 Å². The SMILES string of the molecule is COc1cccc(Cl)c1CC(=O)NCC(C(=O)O)C1CCOCC1. The minimum Gasteiger partial charge on any atom is -0.496 e. The summed E-state index contributed by atoms with van der Waals surface area (Å²) in [5.41, 5.74) is 0.595. The number of ether oxygens (including phenoxy) is 2. The molecule has 0 saturated carbocycles. The van der Waals surface area contributed by atoms with Gasteiger partial charge in [0.15, 0.2) is 0 Å². The number of nitrogens with one attached hydrogen (secondary N) is 1. The number of amides is 1. The summed E-state index contributed by atoms with van der Waals surface area (Å²) in [4.78, 5) is 23.7. The molecule has 1 fully saturated rings. The minimum absolute atomic E-state index is 0.0198. The molecule has 2 N–H and O–H groups in total. The van der Waals surface area contributed by atoms with Crippen molar-refractivity contribution in [1.82, 2.24) is 5.32 Å². The molecule has 1 saturated heterocycles. The summed E-state index contributed by atoms with van der Waals surface area (Å²) in [6, 6.07) is 5.17. The predicted octanol–water partition coefficient (Wildman–Crippen LogP) is 2.13. The van der Waals surface area contributed by atoms with E-state index in [2.05, 4.69) is 5.32 Å². The number of carboxylic acids is 1. The molecular formula is C17H22ClNO5. The lowest BCUT2D eigenvalue weighted by atomic mass is 9.86. The first-order valence-electron chi connectivity index (χ1n) is 7.91. The van der Waals surface area contributed by atoms with Crippen LogP contribution in [0.1, 0.15) is 18.4 Å². The molecule has 1 aliphatic heterocycles. The van der Waals surface area contributed by atoms with Crippen molar-refractivity contribution in [3.8, 4) is 5.75 Å². The zero-order chi connectivity index (χ0) is 17.5. The van der Waals surface area contributed by atoms with Crippen LogP contribution in [0.2, 0.25) is 5.02 Å². The van der Waals surface area contributed by atoms with Crippen LogP contribution in [0.15, 0.2) is 18.2 Å². The van der Waals surface area contributed by atoms with Crippen LogP contribution >= 0.6 is 11.6 Å². The van der Waals surface area contributed by atoms with Gasteiger partial charge in [-0.15, -0.1) is 0 Å². The molecule has 0 bridgehead atoms. The number of rotatable bonds is 7. The van der Waals surface area contributed by atoms with E-state index in [1.807, 2.05) is 0 Å². The highest BCUT2D eigenvalue weighted by atomic mass is 35.5. The largest absolute Gasteiger partial charge is 0.496 e. The van der Waals surface area contributed by atoms with E-state index in [1.54, 1.807) is 18.2 Å². The van der Waals surface area contributed by atoms with Crippen LogP contribution in [0.5, 0.6) is 5.75 Å². The fourth-order valence-corrected chi connectivity index (χ4v) is 3.15. The Morgan fingerprint density at radius 3 is 2.75 bits per heavy atom. The first-order valence-corrected chi connectivity index (χ1v) is 8.29. The molecule has 1 aromatic carbocycles. The van der Waals surface area contributed by atoms with Crippen molar-refractivity contribution >= 4 is 23.5 Å². The van der Waals surface area contributed by atoms with Crippen LogP contribution < -0.4 is 10.1 Å². The molecule has 1 amide bonds. The van der Waals surface area contributed by atoms with Gasteiger partial charge < -0.3 is 19.9 Å². The smallest absolute Gasteiger partial charge is 0.308 e. The Labute approximate surface area is 146 Å². The molecule has 1 aromatic rings. The average Bonchev–Trinajstić information content (AvgIpc) is 2.57. The third-order valence-corrected chi connectivity index (χ3v) is 4.66. The van der Waals surface area contributed by atoms with E-state index in [1.165, 1.54) is 7.11 Å². The normalized spacial score (nSPS) is 16.4. The van der Waals surface area contributed by atoms with Crippen molar-refractivity contribution in [1.29, 1.82) is 0 Å². The van der Waals surface area contributed by atoms with Gasteiger partial charge in [0.05, 0.1) is 19.4 Å². The Morgan fingerprint density at radius 2 is 2.12 bits per heavy atom. The zero-order valence-corrected chi connectivity index (χ0v) is 14.3. The molecule has 24 heavy (non-hydrogen) atoms. The molecule has 1 atom stereocenters. The van der Waals surface area contributed by atoms with Gasteiger partial charge in [0, 0.05) is 30.3 Å². The summed E-state index contributed by atoms with van der Waals surface area (Å²) in [7, 11) is 1.51. The van der Waals surface area contributed by atoms with Gasteiger partial charge in [-0.25, -0.2) is 0 Å². The molecule has 0 radical (unpaired) electrons. The highest BCUT2D eigenvalue weighted by molar-refractivity contribution is 6.31. The fraction of sp³-hybridized carbons (Fsp3) is 0.529. The molecule has 2 rings (SSSR count). The van der Waals surface area contributed by atoms with Crippen LogP contribution in [-0.4, -0.2) is 43.9 Å². The maximum absolute atomic E-state index is 12.2. The minimum atomic E-state index is -0.891. The van der Waals surface area contributed by atoms with E-state index >= 15 is 0 Å². The van der Waals surface area contributed by atoms with Crippen molar-refractivity contribution in [2.24, 2.45) is 11.8 Å². The second kappa shape index (κ2) is 8.89. The van der Waals surface area contributed by atoms with Gasteiger partial charge in [-0.2, -0.15) is 0 Å². The Kier molecular flexibility index (Phi) is 6.87. The number of benzene rings is 1. The first kappa shape index (κ1) is 18.5. The number of aliphatic carboxylic acids is 1. The molecule has 1 unspecified atom stereocenters. The second-order valence-corrected chi connectivity index (χ2v) is 6.20. The van der Waals surface area contributed by atoms with Crippen LogP contribution in [0.3, 0.4) is 0 Å². The predicted molar refractivity (Wildman–Crippen MR) is 89.4 cm³/mol. The number of hydrogen-bond acceptors (Lipinski definition) is 4. The average molecular weight is 356 g/mol. The lowest BCUT2D eigenvalue weighted by Gasteiger charge is -2.27. The van der Waals surface area contributed by atoms with E-state index < -0.39 is 11.9 Å². The molecule has 7 heteroatoms. The number of carbonyl (C=O) groups excluding carboxylic acids is 1. The van der Waals surface area contributed by atoms with Crippen LogP contribution in [-0.2, 0) is 20.7 Å². The number of carbonyl (C=O) groups is 2. The summed E-state index contributed by atoms with van der Waals surface area (Å²) in [6.45, 7) is 1.24. The maximum atomic E-state index is 12.2. The van der Waals surface area contributed by atoms with Gasteiger partial charge in [0.25, 0.3) is 0 Å². The van der Waals surface area contributed by atoms with E-state index in [4.69, 9.17) is 21.1 Å². The van der Waals surface area contributed by atoms with Crippen LogP contribution in [0, 0.1) is 11.8 Å². The van der Waals surface area contributed by atoms with Crippen molar-refractivity contribution in [3.63, 3.8) is 0 Å². The maximum Gasteiger partial charge on any atom is 0.308 e. The van der Waals surface area contributed by atoms with Gasteiger partial charge in [-0.05, 0) is 30.9 Å². The summed E-state index contributed by atoms with van der Waals surface area (Å²) < 4.78 is 10.5. The zero-order valence-electron chi connectivity index (χ0n) is 13.6. The van der Waals surface area contributed by atoms with Gasteiger partial charge in [0.2, 0.25) is 5.91 Å². The summed E-state index contributed by atoms with van der Waals surface area (Å²) in [6.07, 6.45) is 1.44. The Balaban J connectivity index is 1.95. The number of hydrogen-bond donors (Lipinski definition) is 2. The fourth-order valence-electron chi connectivity index (χ4n) is 2.92. The van der Waals surface area contributed by atoms with Crippen molar-refractivity contribution < 1.29 is 24.2 Å². The molecule has 132 valence electrons. The lowest BCUT2D eigenvalue weighted by molar-refractivity contribution is -0.144. The third-order valence-electron chi connectivity index (χ3n) is 4.30. The van der Waals surface area contributed by atoms with E-state index in [0.29, 0.717) is 42.4 Å². The van der Waals surface area contributed by atoms with Crippen LogP contribution in [0.4, 0.5) is 0 Å². The first-order chi connectivity index (χ1) is 11.5. The monoisotopic (exact) mass is 355 g/mol. The van der Waals surface area contributed by atoms with E-state index in [9.17, 15) is 14.7 Å². The Morgan fingerprint density at radius 1 is 1.42 bits per heavy atom. The Bertz CT molecular complexity index is 586. The van der Waals surface area contributed by atoms with Gasteiger partial charge in [0.1, 0.15) is 5.75 Å². The quantitative estimate of drug-likeness (QED) is 0.782. The van der Waals surface area contributed by atoms with E-state index in [-0.39, 0.29) is 24.8 Å². The second-order valence-electron chi connectivity index (χ2n) is 5.80. The molecule has 0 aliphatic carbocycles. The summed E-state index contributed by atoms with van der Waals surface area (Å²) >= 11 is 6.12. The third kappa shape index (κ3) is 4.85. The summed E-state index contributed by atoms with van der Waals surface area (Å²) in [5.74, 6) is -1.22. The van der Waals surface area contributed by atoms with Crippen molar-refractivity contribution in [3.05, 3.63) is 28.8 Å². The number of methoxy groups -OCH3 is 1. The highest BCUT2D eigenvalue weighted by Crippen LogP contribution is 2.27. The number of halogens is 1. The van der Waals surface area contributed by atoms with Crippen LogP contribution in [0.25, 0.3) is 0 Å². The molecule has 1 heterocycles. The Hall–Kier alpha value is -1.79. The van der Waals surface area contributed by atoms with Gasteiger partial charge >= 0.3 is 5.97 Å². The number of carboxylic acid groups (broad SMARTS) is 1. The van der Waals surface area contributed by atoms with Gasteiger partial charge in [-0.3, -0.25) is 9.59 Å². The molecule has 1 aliphatic rings. The lowest BCUT2D eigenvalue weighted by Crippen LogP contribution is -2.39. The van der Waals surface area contributed by atoms with Crippen molar-refractivity contribution in [2.75, 3.05) is 26.9 Å². The molecule has 6 nitrogen and oxygen atoms in total. The molecule has 0 aromatic heterocycles. The molecular weight excluding hydrogens is 334 g/mol. The van der Waals surface area contributed by atoms with E-state index in [0.717, 1.165) is 0 Å². The highest BCUT2D eigenvalue weighted by Gasteiger charge is 2.30. The summed E-state index contributed by atoms with van der Waals surface area (Å²) in [5, 5.41) is 12.6. The standard InChI is InChI=1S/C17H22ClNO5/c1-23-15-4-2-3-14(18)12(15)9-16(20)19-10-13(17(21)22)11-5-7-24-8-6-11/h2-4,11,13H,5-10H2,1H3,(H,19,20)(H,21,22). The van der Waals surface area contributed by atoms with Gasteiger partial charge in [-0.1, -0.05) is 17.7 Å². The topological polar surface area (TPSA) is 84.9 Å². The molecule has 0 spiro atoms.